The lowest BCUT2D eigenvalue weighted by Gasteiger charge is -2.28. The van der Waals surface area contributed by atoms with Crippen molar-refractivity contribution in [3.63, 3.8) is 0 Å². The van der Waals surface area contributed by atoms with Gasteiger partial charge in [0.25, 0.3) is 11.8 Å². The van der Waals surface area contributed by atoms with Gasteiger partial charge in [-0.25, -0.2) is 0 Å². The predicted octanol–water partition coefficient (Wildman–Crippen LogP) is 2.69. The number of unbranched alkanes of at least 4 members (excludes halogenated alkanes) is 1. The summed E-state index contributed by atoms with van der Waals surface area (Å²) in [6, 6.07) is 10.8. The number of rotatable bonds is 5. The zero-order valence-electron chi connectivity index (χ0n) is 13.9. The molecule has 5 nitrogen and oxygen atoms in total. The van der Waals surface area contributed by atoms with Crippen molar-refractivity contribution in [2.24, 2.45) is 0 Å². The first-order valence-electron chi connectivity index (χ1n) is 8.16. The first-order valence-corrected chi connectivity index (χ1v) is 8.16. The molecule has 2 aromatic rings. The lowest BCUT2D eigenvalue weighted by Crippen LogP contribution is -2.46. The Balaban J connectivity index is 1.91. The molecular weight excluding hydrogens is 304 g/mol. The van der Waals surface area contributed by atoms with Crippen molar-refractivity contribution < 1.29 is 14.4 Å². The third kappa shape index (κ3) is 2.66. The highest BCUT2D eigenvalue weighted by Gasteiger charge is 2.34. The summed E-state index contributed by atoms with van der Waals surface area (Å²) in [6.45, 7) is 2.45. The summed E-state index contributed by atoms with van der Waals surface area (Å²) in [5.74, 6) is -1.03. The lowest BCUT2D eigenvalue weighted by atomic mass is 9.94. The number of hydrogen-bond donors (Lipinski definition) is 0. The van der Waals surface area contributed by atoms with Gasteiger partial charge in [0, 0.05) is 30.1 Å². The molecule has 0 unspecified atom stereocenters. The highest BCUT2D eigenvalue weighted by Crippen LogP contribution is 2.29. The largest absolute Gasteiger partial charge is 0.344 e. The number of hydrogen-bond acceptors (Lipinski definition) is 3. The molecule has 0 bridgehead atoms. The van der Waals surface area contributed by atoms with Crippen LogP contribution in [0, 0.1) is 0 Å². The van der Waals surface area contributed by atoms with Crippen molar-refractivity contribution in [3.05, 3.63) is 47.5 Å². The van der Waals surface area contributed by atoms with Gasteiger partial charge in [-0.05, 0) is 23.9 Å². The molecule has 24 heavy (non-hydrogen) atoms. The Kier molecular flexibility index (Phi) is 4.34. The Labute approximate surface area is 140 Å². The van der Waals surface area contributed by atoms with E-state index in [2.05, 4.69) is 0 Å². The van der Waals surface area contributed by atoms with Crippen molar-refractivity contribution in [2.75, 3.05) is 20.1 Å². The molecule has 1 aliphatic heterocycles. The molecule has 0 fully saturated rings. The van der Waals surface area contributed by atoms with Gasteiger partial charge in [-0.1, -0.05) is 37.6 Å². The van der Waals surface area contributed by atoms with Crippen LogP contribution in [0.4, 0.5) is 0 Å². The van der Waals surface area contributed by atoms with Gasteiger partial charge in [0.15, 0.2) is 0 Å². The second-order valence-electron chi connectivity index (χ2n) is 6.07. The molecule has 0 aromatic heterocycles. The summed E-state index contributed by atoms with van der Waals surface area (Å²) in [7, 11) is 1.70. The van der Waals surface area contributed by atoms with Gasteiger partial charge < -0.3 is 4.90 Å². The van der Waals surface area contributed by atoms with Crippen molar-refractivity contribution in [2.45, 2.75) is 19.8 Å². The standard InChI is InChI=1S/C19H20N2O3/c1-3-4-11-20(2)16(22)12-21-18(23)14-9-5-7-13-8-6-10-15(17(13)14)19(21)24/h5-10H,3-4,11-12H2,1-2H3. The second-order valence-corrected chi connectivity index (χ2v) is 6.07. The molecule has 3 amide bonds. The molecule has 0 saturated heterocycles. The Bertz CT molecular complexity index is 778. The third-order valence-electron chi connectivity index (χ3n) is 4.42. The average molecular weight is 324 g/mol. The average Bonchev–Trinajstić information content (AvgIpc) is 2.60. The van der Waals surface area contributed by atoms with Gasteiger partial charge in [0.2, 0.25) is 5.91 Å². The molecule has 3 rings (SSSR count). The van der Waals surface area contributed by atoms with E-state index >= 15 is 0 Å². The quantitative estimate of drug-likeness (QED) is 0.795. The maximum Gasteiger partial charge on any atom is 0.261 e. The van der Waals surface area contributed by atoms with Crippen LogP contribution >= 0.6 is 0 Å². The van der Waals surface area contributed by atoms with Crippen LogP contribution in [-0.2, 0) is 4.79 Å². The third-order valence-corrected chi connectivity index (χ3v) is 4.42. The SMILES string of the molecule is CCCCN(C)C(=O)CN1C(=O)c2cccc3cccc(c23)C1=O. The normalized spacial score (nSPS) is 13.5. The number of likely N-dealkylation sites (N-methyl/N-ethyl adjacent to an activating group) is 1. The highest BCUT2D eigenvalue weighted by atomic mass is 16.2. The summed E-state index contributed by atoms with van der Waals surface area (Å²) < 4.78 is 0. The Morgan fingerprint density at radius 2 is 1.62 bits per heavy atom. The molecule has 124 valence electrons. The summed E-state index contributed by atoms with van der Waals surface area (Å²) in [5.41, 5.74) is 0.957. The van der Waals surface area contributed by atoms with E-state index in [4.69, 9.17) is 0 Å². The van der Waals surface area contributed by atoms with Gasteiger partial charge in [-0.2, -0.15) is 0 Å². The molecule has 0 atom stereocenters. The van der Waals surface area contributed by atoms with Crippen LogP contribution < -0.4 is 0 Å². The van der Waals surface area contributed by atoms with Crippen LogP contribution in [0.5, 0.6) is 0 Å². The smallest absolute Gasteiger partial charge is 0.261 e. The number of carbonyl (C=O) groups excluding carboxylic acids is 3. The molecular formula is C19H20N2O3. The van der Waals surface area contributed by atoms with Crippen LogP contribution in [0.15, 0.2) is 36.4 Å². The number of imide groups is 1. The zero-order valence-corrected chi connectivity index (χ0v) is 13.9. The molecule has 0 aliphatic carbocycles. The maximum atomic E-state index is 12.7. The maximum absolute atomic E-state index is 12.7. The highest BCUT2D eigenvalue weighted by molar-refractivity contribution is 6.26. The van der Waals surface area contributed by atoms with E-state index < -0.39 is 11.8 Å². The van der Waals surface area contributed by atoms with Gasteiger partial charge >= 0.3 is 0 Å². The lowest BCUT2D eigenvalue weighted by molar-refractivity contribution is -0.130. The summed E-state index contributed by atoms with van der Waals surface area (Å²) in [5, 5.41) is 1.54. The predicted molar refractivity (Wildman–Crippen MR) is 91.9 cm³/mol. The van der Waals surface area contributed by atoms with E-state index in [1.165, 1.54) is 0 Å². The van der Waals surface area contributed by atoms with Gasteiger partial charge in [0.05, 0.1) is 0 Å². The van der Waals surface area contributed by atoms with Crippen molar-refractivity contribution in [1.29, 1.82) is 0 Å². The number of carbonyl (C=O) groups is 3. The fourth-order valence-corrected chi connectivity index (χ4v) is 3.00. The molecule has 5 heteroatoms. The molecule has 1 aliphatic rings. The Hall–Kier alpha value is -2.69. The molecule has 0 spiro atoms. The van der Waals surface area contributed by atoms with E-state index in [0.29, 0.717) is 23.1 Å². The monoisotopic (exact) mass is 324 g/mol. The number of amides is 3. The van der Waals surface area contributed by atoms with Crippen LogP contribution in [0.25, 0.3) is 10.8 Å². The van der Waals surface area contributed by atoms with E-state index in [1.54, 1.807) is 36.2 Å². The topological polar surface area (TPSA) is 57.7 Å². The van der Waals surface area contributed by atoms with Crippen LogP contribution in [0.3, 0.4) is 0 Å². The Morgan fingerprint density at radius 1 is 1.04 bits per heavy atom. The first kappa shape index (κ1) is 16.2. The minimum atomic E-state index is -0.401. The van der Waals surface area contributed by atoms with Crippen LogP contribution in [0.2, 0.25) is 0 Å². The number of benzene rings is 2. The summed E-state index contributed by atoms with van der Waals surface area (Å²) >= 11 is 0. The van der Waals surface area contributed by atoms with Gasteiger partial charge in [-0.3, -0.25) is 19.3 Å². The van der Waals surface area contributed by atoms with E-state index in [9.17, 15) is 14.4 Å². The van der Waals surface area contributed by atoms with Gasteiger partial charge in [-0.15, -0.1) is 0 Å². The van der Waals surface area contributed by atoms with Crippen molar-refractivity contribution in [3.8, 4) is 0 Å². The minimum absolute atomic E-state index is 0.220. The minimum Gasteiger partial charge on any atom is -0.344 e. The summed E-state index contributed by atoms with van der Waals surface area (Å²) in [4.78, 5) is 40.4. The van der Waals surface area contributed by atoms with E-state index in [1.807, 2.05) is 19.1 Å². The molecule has 0 N–H and O–H groups in total. The number of nitrogens with zero attached hydrogens (tertiary/aromatic N) is 2. The fraction of sp³-hybridized carbons (Fsp3) is 0.316. The first-order chi connectivity index (χ1) is 11.5. The Morgan fingerprint density at radius 3 is 2.17 bits per heavy atom. The van der Waals surface area contributed by atoms with Crippen molar-refractivity contribution in [1.82, 2.24) is 9.80 Å². The van der Waals surface area contributed by atoms with Crippen molar-refractivity contribution >= 4 is 28.5 Å². The van der Waals surface area contributed by atoms with E-state index in [-0.39, 0.29) is 12.5 Å². The second kappa shape index (κ2) is 6.43. The van der Waals surface area contributed by atoms with E-state index in [0.717, 1.165) is 23.1 Å². The molecule has 1 heterocycles. The fourth-order valence-electron chi connectivity index (χ4n) is 3.00. The molecule has 0 saturated carbocycles. The molecule has 2 aromatic carbocycles. The molecule has 0 radical (unpaired) electrons. The van der Waals surface area contributed by atoms with Crippen LogP contribution in [0.1, 0.15) is 40.5 Å². The zero-order chi connectivity index (χ0) is 17.3. The summed E-state index contributed by atoms with van der Waals surface area (Å²) in [6.07, 6.45) is 1.88. The van der Waals surface area contributed by atoms with Crippen LogP contribution in [-0.4, -0.2) is 47.7 Å². The van der Waals surface area contributed by atoms with Gasteiger partial charge in [0.1, 0.15) is 6.54 Å².